The van der Waals surface area contributed by atoms with Crippen LogP contribution in [-0.4, -0.2) is 74.8 Å². The quantitative estimate of drug-likeness (QED) is 0.137. The third-order valence-corrected chi connectivity index (χ3v) is 15.5. The van der Waals surface area contributed by atoms with Crippen LogP contribution in [0.4, 0.5) is 5.69 Å². The highest BCUT2D eigenvalue weighted by molar-refractivity contribution is 7.15. The number of aromatic hydroxyl groups is 1. The molecule has 1 aliphatic carbocycles. The number of hydrogen-bond acceptors (Lipinski definition) is 10. The van der Waals surface area contributed by atoms with Gasteiger partial charge in [-0.15, -0.1) is 21.5 Å². The van der Waals surface area contributed by atoms with Crippen LogP contribution in [0.3, 0.4) is 0 Å². The summed E-state index contributed by atoms with van der Waals surface area (Å²) >= 11 is 1.78. The highest BCUT2D eigenvalue weighted by atomic mass is 32.1. The van der Waals surface area contributed by atoms with E-state index in [0.29, 0.717) is 35.8 Å². The third-order valence-electron chi connectivity index (χ3n) is 14.3. The van der Waals surface area contributed by atoms with Gasteiger partial charge in [-0.2, -0.15) is 0 Å². The van der Waals surface area contributed by atoms with Gasteiger partial charge in [-0.25, -0.2) is 4.98 Å². The molecule has 3 aliphatic heterocycles. The molecule has 64 heavy (non-hydrogen) atoms. The molecule has 0 saturated carbocycles. The zero-order chi connectivity index (χ0) is 43.3. The van der Waals surface area contributed by atoms with Crippen molar-refractivity contribution < 1.29 is 14.3 Å². The first-order chi connectivity index (χ1) is 31.3. The standard InChI is InChI=1S/C53H55N7O3S/c1-33-34(2)64-53-49(33)51(55-47(28-48-54-23-26-62-48)52-57-56-35(3)60(52)53)40-9-14-42(15-10-40)59-24-21-36(22-25-59)29-58-30-37(31-58)32-63-44-17-11-39(12-18-44)50-45(38-7-5-4-6-8-38)19-13-41-27-43(61)16-20-46(41)50/h4-12,14-18,20,23,26-27,36-37,45,47,50,61H,13,19,21-22,24-25,28-32H2,1-3H3/t45-,47+,50+/m1/s1. The van der Waals surface area contributed by atoms with Crippen LogP contribution in [0, 0.1) is 32.6 Å². The Morgan fingerprint density at radius 2 is 1.64 bits per heavy atom. The largest absolute Gasteiger partial charge is 0.508 e. The molecule has 3 atom stereocenters. The molecule has 11 rings (SSSR count). The van der Waals surface area contributed by atoms with Gasteiger partial charge in [0.2, 0.25) is 0 Å². The highest BCUT2D eigenvalue weighted by Gasteiger charge is 2.35. The fourth-order valence-corrected chi connectivity index (χ4v) is 12.0. The summed E-state index contributed by atoms with van der Waals surface area (Å²) in [5.74, 6) is 5.52. The number of thiophene rings is 1. The predicted molar refractivity (Wildman–Crippen MR) is 253 cm³/mol. The molecule has 1 N–H and O–H groups in total. The number of aryl methyl sites for hydroxylation is 3. The lowest BCUT2D eigenvalue weighted by Gasteiger charge is -2.43. The lowest BCUT2D eigenvalue weighted by atomic mass is 9.69. The Kier molecular flexibility index (Phi) is 10.9. The molecule has 0 spiro atoms. The fourth-order valence-electron chi connectivity index (χ4n) is 10.8. The lowest BCUT2D eigenvalue weighted by molar-refractivity contribution is 0.0454. The van der Waals surface area contributed by atoms with E-state index in [-0.39, 0.29) is 12.0 Å². The molecule has 0 bridgehead atoms. The van der Waals surface area contributed by atoms with E-state index in [1.54, 1.807) is 23.8 Å². The third kappa shape index (κ3) is 7.83. The first kappa shape index (κ1) is 40.7. The number of benzene rings is 4. The van der Waals surface area contributed by atoms with Crippen molar-refractivity contribution in [2.75, 3.05) is 44.2 Å². The molecule has 4 aliphatic rings. The number of nitrogens with zero attached hydrogens (tertiary/aromatic N) is 7. The number of phenolic OH excluding ortho intramolecular Hbond substituents is 1. The van der Waals surface area contributed by atoms with Gasteiger partial charge in [0.15, 0.2) is 11.7 Å². The van der Waals surface area contributed by atoms with Gasteiger partial charge in [0, 0.05) is 66.3 Å². The SMILES string of the molecule is Cc1sc2c(c1C)C(c1ccc(N3CCC(CN4CC(COc5ccc([C@@H]6c7ccc(O)cc7CC[C@@H]6c6ccccc6)cc5)C4)CC3)cc1)=N[C@@H](Cc1ncco1)c1nnc(C)n1-2. The van der Waals surface area contributed by atoms with Crippen molar-refractivity contribution in [3.8, 4) is 16.5 Å². The van der Waals surface area contributed by atoms with Gasteiger partial charge in [-0.05, 0) is 123 Å². The normalized spacial score (nSPS) is 20.2. The molecular formula is C53H55N7O3S. The molecule has 6 heterocycles. The monoisotopic (exact) mass is 869 g/mol. The molecule has 0 amide bonds. The van der Waals surface area contributed by atoms with E-state index in [1.165, 1.54) is 57.8 Å². The van der Waals surface area contributed by atoms with Crippen molar-refractivity contribution in [3.63, 3.8) is 0 Å². The number of hydrogen-bond donors (Lipinski definition) is 1. The average molecular weight is 870 g/mol. The van der Waals surface area contributed by atoms with Gasteiger partial charge >= 0.3 is 0 Å². The van der Waals surface area contributed by atoms with Crippen LogP contribution in [0.25, 0.3) is 5.00 Å². The van der Waals surface area contributed by atoms with Crippen molar-refractivity contribution in [3.05, 3.63) is 171 Å². The van der Waals surface area contributed by atoms with Crippen LogP contribution in [0.1, 0.15) is 98.5 Å². The van der Waals surface area contributed by atoms with E-state index in [1.807, 2.05) is 19.1 Å². The maximum absolute atomic E-state index is 10.2. The van der Waals surface area contributed by atoms with Gasteiger partial charge in [0.1, 0.15) is 34.6 Å². The number of phenols is 1. The zero-order valence-electron chi connectivity index (χ0n) is 36.9. The number of oxazole rings is 1. The molecule has 2 saturated heterocycles. The summed E-state index contributed by atoms with van der Waals surface area (Å²) in [4.78, 5) is 16.3. The first-order valence-corrected chi connectivity index (χ1v) is 23.8. The Bertz CT molecular complexity index is 2770. The van der Waals surface area contributed by atoms with Crippen molar-refractivity contribution in [2.24, 2.45) is 16.8 Å². The summed E-state index contributed by atoms with van der Waals surface area (Å²) in [5, 5.41) is 20.5. The van der Waals surface area contributed by atoms with Crippen LogP contribution >= 0.6 is 11.3 Å². The van der Waals surface area contributed by atoms with Gasteiger partial charge in [-0.1, -0.05) is 60.7 Å². The van der Waals surface area contributed by atoms with Gasteiger partial charge in [0.05, 0.1) is 24.9 Å². The number of fused-ring (bicyclic) bond motifs is 4. The van der Waals surface area contributed by atoms with Crippen LogP contribution in [0.15, 0.2) is 119 Å². The molecule has 0 radical (unpaired) electrons. The average Bonchev–Trinajstić information content (AvgIpc) is 4.02. The Labute approximate surface area is 379 Å². The maximum atomic E-state index is 10.2. The summed E-state index contributed by atoms with van der Waals surface area (Å²) in [6.45, 7) is 12.7. The number of aliphatic imine (C=N–C) groups is 1. The smallest absolute Gasteiger partial charge is 0.196 e. The number of aromatic nitrogens is 4. The molecule has 2 fully saturated rings. The Morgan fingerprint density at radius 3 is 2.41 bits per heavy atom. The Morgan fingerprint density at radius 1 is 0.844 bits per heavy atom. The second-order valence-electron chi connectivity index (χ2n) is 18.4. The molecule has 11 heteroatoms. The Balaban J connectivity index is 0.685. The molecular weight excluding hydrogens is 815 g/mol. The van der Waals surface area contributed by atoms with Gasteiger partial charge in [-0.3, -0.25) is 9.56 Å². The second kappa shape index (κ2) is 17.2. The maximum Gasteiger partial charge on any atom is 0.196 e. The molecule has 10 nitrogen and oxygen atoms in total. The number of anilines is 1. The van der Waals surface area contributed by atoms with Crippen LogP contribution in [0.5, 0.6) is 11.5 Å². The molecule has 7 aromatic rings. The van der Waals surface area contributed by atoms with E-state index < -0.39 is 0 Å². The number of likely N-dealkylation sites (tertiary alicyclic amines) is 1. The number of rotatable bonds is 11. The second-order valence-corrected chi connectivity index (χ2v) is 19.6. The molecule has 4 aromatic carbocycles. The summed E-state index contributed by atoms with van der Waals surface area (Å²) < 4.78 is 14.2. The predicted octanol–water partition coefficient (Wildman–Crippen LogP) is 10.2. The first-order valence-electron chi connectivity index (χ1n) is 23.0. The topological polar surface area (TPSA) is 105 Å². The summed E-state index contributed by atoms with van der Waals surface area (Å²) in [6.07, 6.45) is 8.25. The Hall–Kier alpha value is -6.04. The van der Waals surface area contributed by atoms with E-state index >= 15 is 0 Å². The van der Waals surface area contributed by atoms with Crippen molar-refractivity contribution in [1.82, 2.24) is 24.6 Å². The van der Waals surface area contributed by atoms with E-state index in [9.17, 15) is 5.11 Å². The minimum absolute atomic E-state index is 0.241. The molecule has 326 valence electrons. The highest BCUT2D eigenvalue weighted by Crippen LogP contribution is 2.47. The van der Waals surface area contributed by atoms with Crippen LogP contribution < -0.4 is 9.64 Å². The van der Waals surface area contributed by atoms with E-state index in [0.717, 1.165) is 84.9 Å². The summed E-state index contributed by atoms with van der Waals surface area (Å²) in [7, 11) is 0. The molecule has 0 unspecified atom stereocenters. The number of ether oxygens (including phenoxy) is 1. The number of piperidine rings is 1. The van der Waals surface area contributed by atoms with Crippen LogP contribution in [0.2, 0.25) is 0 Å². The van der Waals surface area contributed by atoms with Gasteiger partial charge in [0.25, 0.3) is 0 Å². The minimum atomic E-state index is -0.280. The summed E-state index contributed by atoms with van der Waals surface area (Å²) in [5.41, 5.74) is 11.0. The van der Waals surface area contributed by atoms with E-state index in [4.69, 9.17) is 14.1 Å². The summed E-state index contributed by atoms with van der Waals surface area (Å²) in [6, 6.07) is 34.4. The zero-order valence-corrected chi connectivity index (χ0v) is 37.7. The van der Waals surface area contributed by atoms with Crippen LogP contribution in [-0.2, 0) is 12.8 Å². The van der Waals surface area contributed by atoms with Gasteiger partial charge < -0.3 is 24.1 Å². The minimum Gasteiger partial charge on any atom is -0.508 e. The fraction of sp³-hybridized carbons (Fsp3) is 0.358. The van der Waals surface area contributed by atoms with Crippen molar-refractivity contribution in [1.29, 1.82) is 0 Å². The lowest BCUT2D eigenvalue weighted by Crippen LogP contribution is -2.51. The van der Waals surface area contributed by atoms with E-state index in [2.05, 4.69) is 128 Å². The van der Waals surface area contributed by atoms with Crippen molar-refractivity contribution >= 4 is 22.7 Å². The van der Waals surface area contributed by atoms with Crippen molar-refractivity contribution in [2.45, 2.75) is 70.8 Å². The molecule has 3 aromatic heterocycles.